The average Bonchev–Trinajstić information content (AvgIpc) is 2.36. The lowest BCUT2D eigenvalue weighted by Crippen LogP contribution is -2.18. The Kier molecular flexibility index (Phi) is 3.70. The van der Waals surface area contributed by atoms with Gasteiger partial charge in [-0.2, -0.15) is 0 Å². The van der Waals surface area contributed by atoms with Crippen molar-refractivity contribution in [3.8, 4) is 0 Å². The third kappa shape index (κ3) is 2.77. The number of hydrogen-bond acceptors (Lipinski definition) is 3. The zero-order chi connectivity index (χ0) is 14.9. The summed E-state index contributed by atoms with van der Waals surface area (Å²) in [4.78, 5) is 27.4. The average molecular weight is 272 g/mol. The monoisotopic (exact) mass is 272 g/mol. The van der Waals surface area contributed by atoms with Gasteiger partial charge in [-0.15, -0.1) is 0 Å². The lowest BCUT2D eigenvalue weighted by molar-refractivity contribution is -0.118. The van der Waals surface area contributed by atoms with E-state index in [0.29, 0.717) is 16.6 Å². The van der Waals surface area contributed by atoms with E-state index in [0.717, 1.165) is 5.69 Å². The number of amides is 1. The van der Waals surface area contributed by atoms with Gasteiger partial charge in [0.2, 0.25) is 5.91 Å². The number of aromatic carboxylic acids is 1. The quantitative estimate of drug-likeness (QED) is 0.900. The van der Waals surface area contributed by atoms with Gasteiger partial charge >= 0.3 is 5.97 Å². The second kappa shape index (κ2) is 5.28. The van der Waals surface area contributed by atoms with Gasteiger partial charge in [-0.25, -0.2) is 4.79 Å². The first-order valence-electron chi connectivity index (χ1n) is 6.34. The third-order valence-electron chi connectivity index (χ3n) is 2.97. The minimum absolute atomic E-state index is 0.133. The summed E-state index contributed by atoms with van der Waals surface area (Å²) in [5.41, 5.74) is 1.94. The van der Waals surface area contributed by atoms with E-state index < -0.39 is 5.97 Å². The molecule has 2 aromatic rings. The smallest absolute Gasteiger partial charge is 0.336 e. The van der Waals surface area contributed by atoms with Crippen molar-refractivity contribution in [3.05, 3.63) is 35.5 Å². The van der Waals surface area contributed by atoms with Gasteiger partial charge < -0.3 is 10.4 Å². The molecule has 0 saturated heterocycles. The Balaban J connectivity index is 2.57. The molecule has 5 heteroatoms. The maximum absolute atomic E-state index is 11.7. The van der Waals surface area contributed by atoms with Gasteiger partial charge in [0, 0.05) is 22.7 Å². The SMILES string of the molecule is Cc1ccc2c(C(=O)O)cc(NC(=O)C(C)C)cc2n1. The number of carboxylic acid groups (broad SMARTS) is 1. The molecule has 0 atom stereocenters. The highest BCUT2D eigenvalue weighted by Crippen LogP contribution is 2.23. The van der Waals surface area contributed by atoms with Gasteiger partial charge in [0.1, 0.15) is 0 Å². The molecule has 0 radical (unpaired) electrons. The van der Waals surface area contributed by atoms with Crippen LogP contribution in [0.25, 0.3) is 10.9 Å². The summed E-state index contributed by atoms with van der Waals surface area (Å²) in [6.07, 6.45) is 0. The molecule has 0 saturated carbocycles. The maximum atomic E-state index is 11.7. The van der Waals surface area contributed by atoms with Crippen molar-refractivity contribution >= 4 is 28.5 Å². The lowest BCUT2D eigenvalue weighted by Gasteiger charge is -2.10. The van der Waals surface area contributed by atoms with Crippen LogP contribution in [0.2, 0.25) is 0 Å². The van der Waals surface area contributed by atoms with Crippen LogP contribution in [0.15, 0.2) is 24.3 Å². The standard InChI is InChI=1S/C15H16N2O3/c1-8(2)14(18)17-10-6-12(15(19)20)11-5-4-9(3)16-13(11)7-10/h4-8H,1-3H3,(H,17,18)(H,19,20). The lowest BCUT2D eigenvalue weighted by atomic mass is 10.1. The molecule has 5 nitrogen and oxygen atoms in total. The normalized spacial score (nSPS) is 10.8. The molecule has 1 aromatic heterocycles. The molecular formula is C15H16N2O3. The van der Waals surface area contributed by atoms with Crippen molar-refractivity contribution in [2.45, 2.75) is 20.8 Å². The van der Waals surface area contributed by atoms with Crippen molar-refractivity contribution < 1.29 is 14.7 Å². The number of carboxylic acids is 1. The van der Waals surface area contributed by atoms with E-state index in [1.54, 1.807) is 32.0 Å². The number of anilines is 1. The number of hydrogen-bond donors (Lipinski definition) is 2. The van der Waals surface area contributed by atoms with Crippen LogP contribution in [0, 0.1) is 12.8 Å². The van der Waals surface area contributed by atoms with Crippen molar-refractivity contribution in [2.24, 2.45) is 5.92 Å². The van der Waals surface area contributed by atoms with Crippen molar-refractivity contribution in [2.75, 3.05) is 5.32 Å². The van der Waals surface area contributed by atoms with Crippen molar-refractivity contribution in [1.29, 1.82) is 0 Å². The number of aryl methyl sites for hydroxylation is 1. The summed E-state index contributed by atoms with van der Waals surface area (Å²) < 4.78 is 0. The molecule has 20 heavy (non-hydrogen) atoms. The van der Waals surface area contributed by atoms with E-state index >= 15 is 0 Å². The van der Waals surface area contributed by atoms with Crippen LogP contribution in [0.1, 0.15) is 29.9 Å². The number of nitrogens with zero attached hydrogens (tertiary/aromatic N) is 1. The molecule has 0 spiro atoms. The first kappa shape index (κ1) is 14.0. The molecule has 2 rings (SSSR count). The van der Waals surface area contributed by atoms with Crippen LogP contribution < -0.4 is 5.32 Å². The highest BCUT2D eigenvalue weighted by atomic mass is 16.4. The van der Waals surface area contributed by atoms with E-state index in [9.17, 15) is 14.7 Å². The second-order valence-electron chi connectivity index (χ2n) is 4.99. The van der Waals surface area contributed by atoms with Gasteiger partial charge in [-0.1, -0.05) is 19.9 Å². The highest BCUT2D eigenvalue weighted by Gasteiger charge is 2.14. The Morgan fingerprint density at radius 2 is 1.95 bits per heavy atom. The van der Waals surface area contributed by atoms with Crippen LogP contribution in [0.3, 0.4) is 0 Å². The van der Waals surface area contributed by atoms with E-state index in [1.165, 1.54) is 6.07 Å². The number of nitrogens with one attached hydrogen (secondary N) is 1. The van der Waals surface area contributed by atoms with Gasteiger partial charge in [0.25, 0.3) is 0 Å². The number of rotatable bonds is 3. The minimum atomic E-state index is -1.04. The van der Waals surface area contributed by atoms with E-state index in [1.807, 2.05) is 6.92 Å². The van der Waals surface area contributed by atoms with Crippen LogP contribution in [0.5, 0.6) is 0 Å². The van der Waals surface area contributed by atoms with Crippen molar-refractivity contribution in [1.82, 2.24) is 4.98 Å². The van der Waals surface area contributed by atoms with Crippen molar-refractivity contribution in [3.63, 3.8) is 0 Å². The summed E-state index contributed by atoms with van der Waals surface area (Å²) >= 11 is 0. The summed E-state index contributed by atoms with van der Waals surface area (Å²) in [6.45, 7) is 5.38. The van der Waals surface area contributed by atoms with E-state index in [-0.39, 0.29) is 17.4 Å². The number of carbonyl (C=O) groups excluding carboxylic acids is 1. The maximum Gasteiger partial charge on any atom is 0.336 e. The topological polar surface area (TPSA) is 79.3 Å². The molecular weight excluding hydrogens is 256 g/mol. The molecule has 0 fully saturated rings. The number of aromatic nitrogens is 1. The van der Waals surface area contributed by atoms with Crippen LogP contribution in [0.4, 0.5) is 5.69 Å². The summed E-state index contributed by atoms with van der Waals surface area (Å²) in [6, 6.07) is 6.65. The first-order chi connectivity index (χ1) is 9.38. The predicted molar refractivity (Wildman–Crippen MR) is 76.9 cm³/mol. The third-order valence-corrected chi connectivity index (χ3v) is 2.97. The molecule has 1 heterocycles. The molecule has 0 unspecified atom stereocenters. The van der Waals surface area contributed by atoms with Gasteiger partial charge in [-0.05, 0) is 25.1 Å². The Morgan fingerprint density at radius 3 is 2.55 bits per heavy atom. The van der Waals surface area contributed by atoms with Gasteiger partial charge in [0.15, 0.2) is 0 Å². The van der Waals surface area contributed by atoms with Crippen LogP contribution >= 0.6 is 0 Å². The number of carbonyl (C=O) groups is 2. The number of fused-ring (bicyclic) bond motifs is 1. The fourth-order valence-electron chi connectivity index (χ4n) is 1.87. The molecule has 0 aliphatic heterocycles. The summed E-state index contributed by atoms with van der Waals surface area (Å²) in [5.74, 6) is -1.38. The van der Waals surface area contributed by atoms with Gasteiger partial charge in [-0.3, -0.25) is 9.78 Å². The van der Waals surface area contributed by atoms with Gasteiger partial charge in [0.05, 0.1) is 11.1 Å². The molecule has 2 N–H and O–H groups in total. The fourth-order valence-corrected chi connectivity index (χ4v) is 1.87. The molecule has 0 aliphatic carbocycles. The van der Waals surface area contributed by atoms with Crippen LogP contribution in [-0.2, 0) is 4.79 Å². The molecule has 1 amide bonds. The van der Waals surface area contributed by atoms with E-state index in [4.69, 9.17) is 0 Å². The Hall–Kier alpha value is -2.43. The second-order valence-corrected chi connectivity index (χ2v) is 4.99. The summed E-state index contributed by atoms with van der Waals surface area (Å²) in [5, 5.41) is 12.5. The minimum Gasteiger partial charge on any atom is -0.478 e. The number of benzene rings is 1. The van der Waals surface area contributed by atoms with Crippen LogP contribution in [-0.4, -0.2) is 22.0 Å². The highest BCUT2D eigenvalue weighted by molar-refractivity contribution is 6.05. The summed E-state index contributed by atoms with van der Waals surface area (Å²) in [7, 11) is 0. The Bertz CT molecular complexity index is 693. The predicted octanol–water partition coefficient (Wildman–Crippen LogP) is 2.84. The zero-order valence-corrected chi connectivity index (χ0v) is 11.6. The van der Waals surface area contributed by atoms with E-state index in [2.05, 4.69) is 10.3 Å². The Morgan fingerprint density at radius 1 is 1.25 bits per heavy atom. The number of pyridine rings is 1. The zero-order valence-electron chi connectivity index (χ0n) is 11.6. The first-order valence-corrected chi connectivity index (χ1v) is 6.34. The molecule has 0 bridgehead atoms. The largest absolute Gasteiger partial charge is 0.478 e. The molecule has 0 aliphatic rings. The fraction of sp³-hybridized carbons (Fsp3) is 0.267. The molecule has 1 aromatic carbocycles. The Labute approximate surface area is 116 Å². The molecule has 104 valence electrons.